The van der Waals surface area contributed by atoms with Crippen molar-refractivity contribution in [3.05, 3.63) is 72.4 Å². The number of aromatic nitrogens is 2. The Morgan fingerprint density at radius 2 is 1.73 bits per heavy atom. The second-order valence-corrected chi connectivity index (χ2v) is 7.99. The third-order valence-electron chi connectivity index (χ3n) is 3.63. The quantitative estimate of drug-likeness (QED) is 0.679. The number of nitrogens with zero attached hydrogens (tertiary/aromatic N) is 2. The number of para-hydroxylation sites is 1. The van der Waals surface area contributed by atoms with E-state index >= 15 is 0 Å². The average molecular weight is 369 g/mol. The summed E-state index contributed by atoms with van der Waals surface area (Å²) in [7, 11) is -3.04. The smallest absolute Gasteiger partial charge is 0.230 e. The predicted molar refractivity (Wildman–Crippen MR) is 101 cm³/mol. The van der Waals surface area contributed by atoms with Crippen LogP contribution in [0.25, 0.3) is 0 Å². The van der Waals surface area contributed by atoms with E-state index < -0.39 is 9.84 Å². The summed E-state index contributed by atoms with van der Waals surface area (Å²) >= 11 is 0. The highest BCUT2D eigenvalue weighted by molar-refractivity contribution is 7.90. The number of rotatable bonds is 7. The van der Waals surface area contributed by atoms with E-state index in [2.05, 4.69) is 15.3 Å². The zero-order valence-corrected chi connectivity index (χ0v) is 15.1. The van der Waals surface area contributed by atoms with Gasteiger partial charge in [0.05, 0.1) is 5.75 Å². The van der Waals surface area contributed by atoms with Gasteiger partial charge in [0.1, 0.15) is 5.75 Å². The highest BCUT2D eigenvalue weighted by Gasteiger charge is 2.09. The fraction of sp³-hybridized carbons (Fsp3) is 0.158. The van der Waals surface area contributed by atoms with Crippen molar-refractivity contribution in [1.29, 1.82) is 0 Å². The molecular weight excluding hydrogens is 350 g/mol. The lowest BCUT2D eigenvalue weighted by Gasteiger charge is -2.08. The Morgan fingerprint density at radius 1 is 1.00 bits per heavy atom. The maximum atomic E-state index is 11.7. The summed E-state index contributed by atoms with van der Waals surface area (Å²) < 4.78 is 29.1. The predicted octanol–water partition coefficient (Wildman–Crippen LogP) is 3.95. The summed E-state index contributed by atoms with van der Waals surface area (Å²) in [4.78, 5) is 8.49. The van der Waals surface area contributed by atoms with Crippen molar-refractivity contribution < 1.29 is 13.2 Å². The molecule has 0 spiro atoms. The van der Waals surface area contributed by atoms with Gasteiger partial charge in [0.15, 0.2) is 9.84 Å². The molecule has 0 amide bonds. The first-order valence-electron chi connectivity index (χ1n) is 8.16. The van der Waals surface area contributed by atoms with Crippen LogP contribution in [0.4, 0.5) is 11.6 Å². The molecule has 0 atom stereocenters. The van der Waals surface area contributed by atoms with Crippen LogP contribution in [0.5, 0.6) is 11.6 Å². The van der Waals surface area contributed by atoms with Gasteiger partial charge in [-0.15, -0.1) is 0 Å². The maximum Gasteiger partial charge on any atom is 0.230 e. The van der Waals surface area contributed by atoms with Gasteiger partial charge in [-0.2, -0.15) is 4.98 Å². The van der Waals surface area contributed by atoms with Crippen molar-refractivity contribution in [2.75, 3.05) is 11.1 Å². The van der Waals surface area contributed by atoms with Gasteiger partial charge >= 0.3 is 0 Å². The molecule has 0 saturated carbocycles. The molecule has 3 aromatic rings. The molecule has 3 rings (SSSR count). The van der Waals surface area contributed by atoms with Gasteiger partial charge in [0.25, 0.3) is 0 Å². The van der Waals surface area contributed by atoms with E-state index in [9.17, 15) is 8.42 Å². The normalized spacial score (nSPS) is 11.1. The summed E-state index contributed by atoms with van der Waals surface area (Å²) in [6.45, 7) is 1.65. The first kappa shape index (κ1) is 17.9. The van der Waals surface area contributed by atoms with Crippen LogP contribution in [0.15, 0.2) is 66.9 Å². The minimum absolute atomic E-state index is 0.0423. The van der Waals surface area contributed by atoms with Gasteiger partial charge in [0, 0.05) is 23.7 Å². The first-order valence-corrected chi connectivity index (χ1v) is 9.98. The molecule has 7 heteroatoms. The Kier molecular flexibility index (Phi) is 5.48. The molecule has 0 unspecified atom stereocenters. The van der Waals surface area contributed by atoms with Crippen molar-refractivity contribution in [1.82, 2.24) is 9.97 Å². The number of sulfone groups is 1. The highest BCUT2D eigenvalue weighted by Crippen LogP contribution is 2.21. The van der Waals surface area contributed by atoms with Gasteiger partial charge in [-0.05, 0) is 29.8 Å². The van der Waals surface area contributed by atoms with E-state index in [1.54, 1.807) is 43.5 Å². The Labute approximate surface area is 152 Å². The van der Waals surface area contributed by atoms with Gasteiger partial charge in [-0.25, -0.2) is 13.4 Å². The Balaban J connectivity index is 1.68. The molecular formula is C19H19N3O3S. The number of benzene rings is 2. The van der Waals surface area contributed by atoms with Gasteiger partial charge in [0.2, 0.25) is 11.8 Å². The number of hydrogen-bond acceptors (Lipinski definition) is 6. The van der Waals surface area contributed by atoms with Crippen LogP contribution in [0.2, 0.25) is 0 Å². The fourth-order valence-corrected chi connectivity index (χ4v) is 3.14. The van der Waals surface area contributed by atoms with Crippen LogP contribution in [-0.4, -0.2) is 24.1 Å². The van der Waals surface area contributed by atoms with E-state index in [4.69, 9.17) is 4.74 Å². The molecule has 6 nitrogen and oxygen atoms in total. The molecule has 0 radical (unpaired) electrons. The number of ether oxygens (including phenoxy) is 1. The molecule has 1 aromatic heterocycles. The van der Waals surface area contributed by atoms with Crippen molar-refractivity contribution in [3.63, 3.8) is 0 Å². The largest absolute Gasteiger partial charge is 0.439 e. The first-order chi connectivity index (χ1) is 12.5. The number of nitrogens with one attached hydrogen (secondary N) is 1. The Hall–Kier alpha value is -2.93. The molecule has 0 aliphatic carbocycles. The van der Waals surface area contributed by atoms with Gasteiger partial charge < -0.3 is 10.1 Å². The Morgan fingerprint density at radius 3 is 2.42 bits per heavy atom. The molecule has 0 aliphatic heterocycles. The summed E-state index contributed by atoms with van der Waals surface area (Å²) in [6.07, 6.45) is 1.61. The second kappa shape index (κ2) is 7.97. The van der Waals surface area contributed by atoms with Crippen LogP contribution in [0.1, 0.15) is 12.5 Å². The van der Waals surface area contributed by atoms with Gasteiger partial charge in [-0.3, -0.25) is 0 Å². The molecule has 0 fully saturated rings. The van der Waals surface area contributed by atoms with Crippen LogP contribution in [-0.2, 0) is 15.6 Å². The zero-order valence-electron chi connectivity index (χ0n) is 14.3. The van der Waals surface area contributed by atoms with E-state index in [1.165, 1.54) is 0 Å². The lowest BCUT2D eigenvalue weighted by molar-refractivity contribution is 0.462. The van der Waals surface area contributed by atoms with Crippen molar-refractivity contribution in [2.45, 2.75) is 12.7 Å². The van der Waals surface area contributed by atoms with Crippen molar-refractivity contribution in [3.8, 4) is 11.6 Å². The lowest BCUT2D eigenvalue weighted by atomic mass is 10.2. The lowest BCUT2D eigenvalue weighted by Crippen LogP contribution is -2.06. The molecule has 26 heavy (non-hydrogen) atoms. The van der Waals surface area contributed by atoms with Crippen LogP contribution >= 0.6 is 0 Å². The van der Waals surface area contributed by atoms with Crippen LogP contribution < -0.4 is 10.1 Å². The summed E-state index contributed by atoms with van der Waals surface area (Å²) in [6, 6.07) is 18.2. The topological polar surface area (TPSA) is 81.2 Å². The molecule has 0 aliphatic rings. The van der Waals surface area contributed by atoms with E-state index in [1.807, 2.05) is 30.3 Å². The van der Waals surface area contributed by atoms with Crippen molar-refractivity contribution >= 4 is 21.5 Å². The highest BCUT2D eigenvalue weighted by atomic mass is 32.2. The summed E-state index contributed by atoms with van der Waals surface area (Å²) in [5.41, 5.74) is 1.51. The fourth-order valence-electron chi connectivity index (χ4n) is 2.24. The standard InChI is InChI=1S/C19H19N3O3S/c1-2-26(23,24)14-15-8-10-16(11-9-15)21-19-20-13-12-18(22-19)25-17-6-4-3-5-7-17/h3-13H,2,14H2,1H3,(H,20,21,22). The SMILES string of the molecule is CCS(=O)(=O)Cc1ccc(Nc2nccc(Oc3ccccc3)n2)cc1. The summed E-state index contributed by atoms with van der Waals surface area (Å²) in [5, 5.41) is 3.08. The van der Waals surface area contributed by atoms with E-state index in [-0.39, 0.29) is 11.5 Å². The average Bonchev–Trinajstić information content (AvgIpc) is 2.64. The second-order valence-electron chi connectivity index (χ2n) is 5.63. The molecule has 1 heterocycles. The minimum atomic E-state index is -3.04. The molecule has 2 aromatic carbocycles. The Bertz CT molecular complexity index is 959. The van der Waals surface area contributed by atoms with Crippen molar-refractivity contribution in [2.24, 2.45) is 0 Å². The summed E-state index contributed by atoms with van der Waals surface area (Å²) in [5.74, 6) is 1.70. The minimum Gasteiger partial charge on any atom is -0.439 e. The van der Waals surface area contributed by atoms with Crippen LogP contribution in [0.3, 0.4) is 0 Å². The molecule has 1 N–H and O–H groups in total. The maximum absolute atomic E-state index is 11.7. The molecule has 0 bridgehead atoms. The van der Waals surface area contributed by atoms with E-state index in [0.29, 0.717) is 17.6 Å². The zero-order chi connectivity index (χ0) is 18.4. The van der Waals surface area contributed by atoms with Gasteiger partial charge in [-0.1, -0.05) is 37.3 Å². The monoisotopic (exact) mass is 369 g/mol. The molecule has 134 valence electrons. The third kappa shape index (κ3) is 5.03. The van der Waals surface area contributed by atoms with E-state index in [0.717, 1.165) is 11.3 Å². The molecule has 0 saturated heterocycles. The van der Waals surface area contributed by atoms with Crippen LogP contribution in [0, 0.1) is 0 Å². The third-order valence-corrected chi connectivity index (χ3v) is 5.28. The number of anilines is 2. The number of hydrogen-bond donors (Lipinski definition) is 1.